The molecule has 3 aliphatic rings. The highest BCUT2D eigenvalue weighted by Crippen LogP contribution is 2.38. The molecule has 1 amide bonds. The number of piperazine rings is 1. The van der Waals surface area contributed by atoms with Crippen molar-refractivity contribution in [3.8, 4) is 5.75 Å². The van der Waals surface area contributed by atoms with Crippen molar-refractivity contribution in [1.82, 2.24) is 15.6 Å². The van der Waals surface area contributed by atoms with E-state index in [0.717, 1.165) is 18.5 Å². The molecule has 3 aliphatic heterocycles. The molecule has 0 spiro atoms. The van der Waals surface area contributed by atoms with Crippen molar-refractivity contribution in [2.75, 3.05) is 30.3 Å². The van der Waals surface area contributed by atoms with Crippen molar-refractivity contribution in [2.45, 2.75) is 44.3 Å². The van der Waals surface area contributed by atoms with E-state index in [0.29, 0.717) is 30.6 Å². The molecule has 6 rings (SSSR count). The predicted molar refractivity (Wildman–Crippen MR) is 122 cm³/mol. The molecule has 10 heteroatoms. The number of aryl methyl sites for hydroxylation is 1. The van der Waals surface area contributed by atoms with E-state index in [-0.39, 0.29) is 47.2 Å². The number of nitrogen functional groups attached to an aromatic ring is 1. The Labute approximate surface area is 194 Å². The van der Waals surface area contributed by atoms with Gasteiger partial charge in [0.05, 0.1) is 22.8 Å². The molecule has 34 heavy (non-hydrogen) atoms. The first-order valence-corrected chi connectivity index (χ1v) is 11.5. The molecular formula is C24H25F2N5O3. The maximum Gasteiger partial charge on any atom is 0.289 e. The SMILES string of the molecule is Cc1ccc2c(N)c(C(=O)N[C@H]3COc4c(F)c(N5CC6CCC(C5)N6)cc(F)c4C3)oc2n1. The molecule has 178 valence electrons. The van der Waals surface area contributed by atoms with Crippen molar-refractivity contribution < 1.29 is 22.7 Å². The van der Waals surface area contributed by atoms with E-state index in [2.05, 4.69) is 15.6 Å². The van der Waals surface area contributed by atoms with Gasteiger partial charge >= 0.3 is 0 Å². The Balaban J connectivity index is 1.22. The second-order valence-electron chi connectivity index (χ2n) is 9.38. The lowest BCUT2D eigenvalue weighted by atomic mass is 10.00. The molecule has 0 aliphatic carbocycles. The van der Waals surface area contributed by atoms with Crippen LogP contribution < -0.4 is 26.0 Å². The summed E-state index contributed by atoms with van der Waals surface area (Å²) in [6, 6.07) is 4.78. The number of hydrogen-bond acceptors (Lipinski definition) is 7. The lowest BCUT2D eigenvalue weighted by Gasteiger charge is -2.36. The van der Waals surface area contributed by atoms with Gasteiger partial charge in [-0.15, -0.1) is 0 Å². The Kier molecular flexibility index (Phi) is 4.87. The number of amides is 1. The van der Waals surface area contributed by atoms with Crippen molar-refractivity contribution in [3.63, 3.8) is 0 Å². The number of anilines is 2. The number of hydrogen-bond donors (Lipinski definition) is 3. The summed E-state index contributed by atoms with van der Waals surface area (Å²) >= 11 is 0. The average molecular weight is 469 g/mol. The summed E-state index contributed by atoms with van der Waals surface area (Å²) in [7, 11) is 0. The maximum atomic E-state index is 15.4. The van der Waals surface area contributed by atoms with Crippen molar-refractivity contribution in [1.29, 1.82) is 0 Å². The Bertz CT molecular complexity index is 1300. The molecule has 2 bridgehead atoms. The van der Waals surface area contributed by atoms with Crippen LogP contribution in [0.4, 0.5) is 20.2 Å². The highest BCUT2D eigenvalue weighted by atomic mass is 19.1. The zero-order valence-electron chi connectivity index (χ0n) is 18.7. The monoisotopic (exact) mass is 469 g/mol. The minimum Gasteiger partial charge on any atom is -0.488 e. The number of carbonyl (C=O) groups is 1. The van der Waals surface area contributed by atoms with Crippen LogP contribution in [0.3, 0.4) is 0 Å². The molecule has 2 saturated heterocycles. The van der Waals surface area contributed by atoms with Gasteiger partial charge in [0.25, 0.3) is 5.91 Å². The Morgan fingerprint density at radius 1 is 1.26 bits per heavy atom. The summed E-state index contributed by atoms with van der Waals surface area (Å²) < 4.78 is 41.7. The molecule has 5 heterocycles. The average Bonchev–Trinajstić information content (AvgIpc) is 3.33. The summed E-state index contributed by atoms with van der Waals surface area (Å²) in [6.07, 6.45) is 2.17. The second-order valence-corrected chi connectivity index (χ2v) is 9.38. The van der Waals surface area contributed by atoms with Gasteiger partial charge in [0, 0.05) is 48.9 Å². The summed E-state index contributed by atoms with van der Waals surface area (Å²) in [6.45, 7) is 3.08. The first-order chi connectivity index (χ1) is 16.4. The van der Waals surface area contributed by atoms with E-state index in [1.165, 1.54) is 6.07 Å². The zero-order chi connectivity index (χ0) is 23.6. The normalized spacial score (nSPS) is 23.6. The Morgan fingerprint density at radius 2 is 2.03 bits per heavy atom. The fourth-order valence-electron chi connectivity index (χ4n) is 5.28. The van der Waals surface area contributed by atoms with E-state index >= 15 is 8.78 Å². The number of rotatable bonds is 3. The van der Waals surface area contributed by atoms with Gasteiger partial charge in [-0.05, 0) is 31.9 Å². The predicted octanol–water partition coefficient (Wildman–Crippen LogP) is 2.67. The van der Waals surface area contributed by atoms with Crippen LogP contribution in [0.15, 0.2) is 22.6 Å². The fourth-order valence-corrected chi connectivity index (χ4v) is 5.28. The number of nitrogens with two attached hydrogens (primary N) is 1. The highest BCUT2D eigenvalue weighted by Gasteiger charge is 2.36. The molecule has 3 atom stereocenters. The second kappa shape index (κ2) is 7.83. The molecule has 2 unspecified atom stereocenters. The molecule has 2 aromatic heterocycles. The molecular weight excluding hydrogens is 444 g/mol. The van der Waals surface area contributed by atoms with Gasteiger partial charge in [0.2, 0.25) is 11.5 Å². The number of pyridine rings is 1. The first kappa shape index (κ1) is 21.2. The number of nitrogens with one attached hydrogen (secondary N) is 2. The lowest BCUT2D eigenvalue weighted by Crippen LogP contribution is -2.51. The molecule has 2 fully saturated rings. The van der Waals surface area contributed by atoms with Crippen LogP contribution in [0.5, 0.6) is 5.75 Å². The van der Waals surface area contributed by atoms with Gasteiger partial charge in [-0.1, -0.05) is 0 Å². The standard InChI is InChI=1S/C24H25F2N5O3/c1-11-2-5-15-20(27)22(34-24(15)28-11)23(32)30-14-6-16-17(25)7-18(19(26)21(16)33-10-14)31-8-12-3-4-13(9-31)29-12/h2,5,7,12-14,29H,3-4,6,8-10,27H2,1H3,(H,30,32)/t12?,13?,14-/m1/s1. The van der Waals surface area contributed by atoms with Crippen molar-refractivity contribution in [3.05, 3.63) is 46.9 Å². The number of carbonyl (C=O) groups excluding carboxylic acids is 1. The van der Waals surface area contributed by atoms with E-state index < -0.39 is 23.6 Å². The number of benzene rings is 1. The molecule has 0 radical (unpaired) electrons. The number of halogens is 2. The smallest absolute Gasteiger partial charge is 0.289 e. The topological polar surface area (TPSA) is 106 Å². The van der Waals surface area contributed by atoms with E-state index in [1.54, 1.807) is 19.1 Å². The quantitative estimate of drug-likeness (QED) is 0.542. The Hall–Kier alpha value is -3.40. The van der Waals surface area contributed by atoms with Gasteiger partial charge in [0.15, 0.2) is 11.6 Å². The van der Waals surface area contributed by atoms with Gasteiger partial charge in [-0.25, -0.2) is 13.8 Å². The number of furan rings is 1. The van der Waals surface area contributed by atoms with Gasteiger partial charge < -0.3 is 30.4 Å². The van der Waals surface area contributed by atoms with Crippen LogP contribution in [0, 0.1) is 18.6 Å². The third-order valence-electron chi connectivity index (χ3n) is 6.96. The van der Waals surface area contributed by atoms with Crippen LogP contribution in [0.1, 0.15) is 34.7 Å². The number of ether oxygens (including phenoxy) is 1. The Morgan fingerprint density at radius 3 is 2.79 bits per heavy atom. The fraction of sp³-hybridized carbons (Fsp3) is 0.417. The van der Waals surface area contributed by atoms with Crippen molar-refractivity contribution >= 4 is 28.4 Å². The van der Waals surface area contributed by atoms with Crippen LogP contribution in [-0.4, -0.2) is 48.7 Å². The largest absolute Gasteiger partial charge is 0.488 e. The van der Waals surface area contributed by atoms with E-state index in [4.69, 9.17) is 14.9 Å². The third kappa shape index (κ3) is 3.44. The lowest BCUT2D eigenvalue weighted by molar-refractivity contribution is 0.0888. The molecule has 1 aromatic carbocycles. The van der Waals surface area contributed by atoms with E-state index in [1.807, 2.05) is 4.90 Å². The summed E-state index contributed by atoms with van der Waals surface area (Å²) in [5.74, 6) is -1.79. The van der Waals surface area contributed by atoms with E-state index in [9.17, 15) is 4.79 Å². The van der Waals surface area contributed by atoms with Crippen LogP contribution in [0.25, 0.3) is 11.1 Å². The minimum absolute atomic E-state index is 0.00283. The number of nitrogens with zero attached hydrogens (tertiary/aromatic N) is 2. The van der Waals surface area contributed by atoms with Crippen LogP contribution in [-0.2, 0) is 6.42 Å². The van der Waals surface area contributed by atoms with Crippen molar-refractivity contribution in [2.24, 2.45) is 0 Å². The first-order valence-electron chi connectivity index (χ1n) is 11.5. The zero-order valence-corrected chi connectivity index (χ0v) is 18.7. The molecule has 3 aromatic rings. The summed E-state index contributed by atoms with van der Waals surface area (Å²) in [5, 5.41) is 6.80. The summed E-state index contributed by atoms with van der Waals surface area (Å²) in [5.41, 5.74) is 7.62. The maximum absolute atomic E-state index is 15.4. The van der Waals surface area contributed by atoms with Gasteiger partial charge in [-0.2, -0.15) is 0 Å². The molecule has 4 N–H and O–H groups in total. The molecule has 0 saturated carbocycles. The van der Waals surface area contributed by atoms with Crippen LogP contribution >= 0.6 is 0 Å². The highest BCUT2D eigenvalue weighted by molar-refractivity contribution is 6.04. The molecule has 8 nitrogen and oxygen atoms in total. The van der Waals surface area contributed by atoms with Gasteiger partial charge in [-0.3, -0.25) is 4.79 Å². The van der Waals surface area contributed by atoms with Gasteiger partial charge in [0.1, 0.15) is 12.4 Å². The third-order valence-corrected chi connectivity index (χ3v) is 6.96. The minimum atomic E-state index is -0.572. The summed E-state index contributed by atoms with van der Waals surface area (Å²) in [4.78, 5) is 19.0. The van der Waals surface area contributed by atoms with Crippen LogP contribution in [0.2, 0.25) is 0 Å². The number of fused-ring (bicyclic) bond motifs is 4. The number of aromatic nitrogens is 1.